The molecule has 22 heavy (non-hydrogen) atoms. The zero-order chi connectivity index (χ0) is 15.7. The third kappa shape index (κ3) is 2.54. The van der Waals surface area contributed by atoms with Crippen LogP contribution in [0.4, 0.5) is 0 Å². The molecule has 0 radical (unpaired) electrons. The molecule has 3 rings (SSSR count). The number of carbonyl (C=O) groups is 2. The highest BCUT2D eigenvalue weighted by atomic mass is 16.4. The van der Waals surface area contributed by atoms with Gasteiger partial charge in [-0.15, -0.1) is 0 Å². The maximum absolute atomic E-state index is 12.5. The summed E-state index contributed by atoms with van der Waals surface area (Å²) in [6, 6.07) is 5.03. The highest BCUT2D eigenvalue weighted by molar-refractivity contribution is 5.97. The molecule has 2 aromatic rings. The van der Waals surface area contributed by atoms with Crippen LogP contribution in [0.3, 0.4) is 0 Å². The van der Waals surface area contributed by atoms with Crippen LogP contribution in [-0.2, 0) is 4.79 Å². The van der Waals surface area contributed by atoms with Crippen molar-refractivity contribution in [1.29, 1.82) is 0 Å². The van der Waals surface area contributed by atoms with Crippen LogP contribution < -0.4 is 5.32 Å². The van der Waals surface area contributed by atoms with Crippen molar-refractivity contribution in [3.05, 3.63) is 23.8 Å². The highest BCUT2D eigenvalue weighted by Crippen LogP contribution is 2.34. The molecule has 3 N–H and O–H groups in total. The average molecular weight is 302 g/mol. The van der Waals surface area contributed by atoms with Crippen LogP contribution in [0.5, 0.6) is 0 Å². The first-order chi connectivity index (χ1) is 10.5. The minimum atomic E-state index is -0.852. The number of carbonyl (C=O) groups excluding carboxylic acids is 1. The summed E-state index contributed by atoms with van der Waals surface area (Å²) in [6.45, 7) is 1.82. The van der Waals surface area contributed by atoms with Crippen molar-refractivity contribution in [2.75, 3.05) is 0 Å². The molecule has 2 atom stereocenters. The van der Waals surface area contributed by atoms with Crippen molar-refractivity contribution in [3.63, 3.8) is 0 Å². The van der Waals surface area contributed by atoms with E-state index < -0.39 is 17.4 Å². The summed E-state index contributed by atoms with van der Waals surface area (Å²) in [5.74, 6) is -1.68. The van der Waals surface area contributed by atoms with Crippen molar-refractivity contribution in [2.24, 2.45) is 5.92 Å². The van der Waals surface area contributed by atoms with Crippen LogP contribution in [-0.4, -0.2) is 37.9 Å². The molecule has 0 saturated heterocycles. The number of nitrogens with one attached hydrogen (secondary N) is 2. The molecule has 1 aromatic carbocycles. The summed E-state index contributed by atoms with van der Waals surface area (Å²) >= 11 is 0. The topological polar surface area (TPSA) is 108 Å². The van der Waals surface area contributed by atoms with Gasteiger partial charge in [0.05, 0.1) is 11.5 Å². The van der Waals surface area contributed by atoms with E-state index in [1.807, 2.05) is 6.92 Å². The smallest absolute Gasteiger partial charge is 0.308 e. The Morgan fingerprint density at radius 2 is 2.09 bits per heavy atom. The molecule has 7 nitrogen and oxygen atoms in total. The molecule has 0 aliphatic heterocycles. The molecule has 0 spiro atoms. The molecular weight excluding hydrogens is 284 g/mol. The van der Waals surface area contributed by atoms with Gasteiger partial charge in [0.15, 0.2) is 0 Å². The lowest BCUT2D eigenvalue weighted by Crippen LogP contribution is -2.55. The molecular formula is C15H18N4O3. The minimum Gasteiger partial charge on any atom is -0.481 e. The molecule has 1 aromatic heterocycles. The maximum Gasteiger partial charge on any atom is 0.308 e. The Kier molecular flexibility index (Phi) is 3.56. The van der Waals surface area contributed by atoms with E-state index in [1.165, 1.54) is 0 Å². The number of hydrogen-bond acceptors (Lipinski definition) is 4. The molecule has 0 bridgehead atoms. The fourth-order valence-electron chi connectivity index (χ4n) is 3.19. The van der Waals surface area contributed by atoms with E-state index in [2.05, 4.69) is 20.7 Å². The number of nitrogens with zero attached hydrogens (tertiary/aromatic N) is 2. The number of carboxylic acid groups (broad SMARTS) is 1. The van der Waals surface area contributed by atoms with Crippen LogP contribution in [0, 0.1) is 5.92 Å². The number of hydrogen-bond donors (Lipinski definition) is 3. The summed E-state index contributed by atoms with van der Waals surface area (Å²) in [7, 11) is 0. The quantitative estimate of drug-likeness (QED) is 0.800. The number of carboxylic acids is 1. The van der Waals surface area contributed by atoms with Gasteiger partial charge in [-0.1, -0.05) is 12.8 Å². The molecule has 1 saturated carbocycles. The van der Waals surface area contributed by atoms with Crippen LogP contribution in [0.15, 0.2) is 18.2 Å². The second-order valence-electron chi connectivity index (χ2n) is 6.04. The van der Waals surface area contributed by atoms with Gasteiger partial charge in [-0.05, 0) is 38.0 Å². The largest absolute Gasteiger partial charge is 0.481 e. The minimum absolute atomic E-state index is 0.277. The normalized spacial score (nSPS) is 25.0. The second-order valence-corrected chi connectivity index (χ2v) is 6.04. The standard InChI is InChI=1S/C15H18N4O3/c1-15(7-3-2-4-10(15)14(21)22)16-13(20)9-5-6-11-12(8-9)18-19-17-11/h5-6,8,10H,2-4,7H2,1H3,(H,16,20)(H,21,22)(H,17,18,19)/t10-,15-/m1/s1. The summed E-state index contributed by atoms with van der Waals surface area (Å²) < 4.78 is 0. The van der Waals surface area contributed by atoms with Gasteiger partial charge in [-0.25, -0.2) is 0 Å². The van der Waals surface area contributed by atoms with Crippen LogP contribution in [0.2, 0.25) is 0 Å². The van der Waals surface area contributed by atoms with Gasteiger partial charge in [-0.3, -0.25) is 9.59 Å². The van der Waals surface area contributed by atoms with Crippen molar-refractivity contribution in [3.8, 4) is 0 Å². The molecule has 7 heteroatoms. The van der Waals surface area contributed by atoms with E-state index in [1.54, 1.807) is 18.2 Å². The summed E-state index contributed by atoms with van der Waals surface area (Å²) in [5.41, 5.74) is 1.03. The lowest BCUT2D eigenvalue weighted by molar-refractivity contribution is -0.145. The number of fused-ring (bicyclic) bond motifs is 1. The van der Waals surface area contributed by atoms with Gasteiger partial charge in [0.25, 0.3) is 5.91 Å². The Morgan fingerprint density at radius 3 is 2.86 bits per heavy atom. The van der Waals surface area contributed by atoms with E-state index >= 15 is 0 Å². The first kappa shape index (κ1) is 14.5. The van der Waals surface area contributed by atoms with Gasteiger partial charge in [0, 0.05) is 5.56 Å². The van der Waals surface area contributed by atoms with Crippen LogP contribution in [0.1, 0.15) is 43.0 Å². The number of H-pyrrole nitrogens is 1. The van der Waals surface area contributed by atoms with Gasteiger partial charge < -0.3 is 10.4 Å². The second kappa shape index (κ2) is 5.40. The van der Waals surface area contributed by atoms with Gasteiger partial charge in [0.1, 0.15) is 11.0 Å². The monoisotopic (exact) mass is 302 g/mol. The molecule has 1 aliphatic carbocycles. The average Bonchev–Trinajstić information content (AvgIpc) is 2.94. The summed E-state index contributed by atoms with van der Waals surface area (Å²) in [4.78, 5) is 23.9. The molecule has 1 fully saturated rings. The third-order valence-electron chi connectivity index (χ3n) is 4.48. The third-order valence-corrected chi connectivity index (χ3v) is 4.48. The van der Waals surface area contributed by atoms with E-state index in [9.17, 15) is 14.7 Å². The molecule has 1 heterocycles. The number of aliphatic carboxylic acids is 1. The zero-order valence-electron chi connectivity index (χ0n) is 12.3. The molecule has 1 aliphatic rings. The zero-order valence-corrected chi connectivity index (χ0v) is 12.3. The Morgan fingerprint density at radius 1 is 1.32 bits per heavy atom. The predicted octanol–water partition coefficient (Wildman–Crippen LogP) is 1.72. The Hall–Kier alpha value is -2.44. The number of rotatable bonds is 3. The van der Waals surface area contributed by atoms with Gasteiger partial charge in [-0.2, -0.15) is 15.4 Å². The van der Waals surface area contributed by atoms with E-state index in [-0.39, 0.29) is 5.91 Å². The molecule has 116 valence electrons. The van der Waals surface area contributed by atoms with Crippen LogP contribution >= 0.6 is 0 Å². The summed E-state index contributed by atoms with van der Waals surface area (Å²) in [6.07, 6.45) is 3.06. The maximum atomic E-state index is 12.5. The van der Waals surface area contributed by atoms with Crippen molar-refractivity contribution in [1.82, 2.24) is 20.7 Å². The number of aromatic nitrogens is 3. The van der Waals surface area contributed by atoms with Crippen molar-refractivity contribution < 1.29 is 14.7 Å². The first-order valence-corrected chi connectivity index (χ1v) is 7.35. The lowest BCUT2D eigenvalue weighted by atomic mass is 9.73. The van der Waals surface area contributed by atoms with Gasteiger partial charge >= 0.3 is 5.97 Å². The fraction of sp³-hybridized carbons (Fsp3) is 0.467. The Labute approximate surface area is 127 Å². The SMILES string of the molecule is C[C@@]1(NC(=O)c2ccc3n[nH]nc3c2)CCCC[C@@H]1C(=O)O. The Balaban J connectivity index is 1.83. The van der Waals surface area contributed by atoms with E-state index in [0.29, 0.717) is 29.4 Å². The number of amides is 1. The van der Waals surface area contributed by atoms with Gasteiger partial charge in [0.2, 0.25) is 0 Å². The highest BCUT2D eigenvalue weighted by Gasteiger charge is 2.42. The van der Waals surface area contributed by atoms with E-state index in [0.717, 1.165) is 12.8 Å². The Bertz CT molecular complexity index is 726. The summed E-state index contributed by atoms with van der Waals surface area (Å²) in [5, 5.41) is 22.7. The van der Waals surface area contributed by atoms with Crippen molar-refractivity contribution in [2.45, 2.75) is 38.1 Å². The predicted molar refractivity (Wildman–Crippen MR) is 79.4 cm³/mol. The molecule has 0 unspecified atom stereocenters. The lowest BCUT2D eigenvalue weighted by Gasteiger charge is -2.39. The van der Waals surface area contributed by atoms with Crippen LogP contribution in [0.25, 0.3) is 11.0 Å². The number of aromatic amines is 1. The first-order valence-electron chi connectivity index (χ1n) is 7.35. The van der Waals surface area contributed by atoms with Crippen molar-refractivity contribution >= 4 is 22.9 Å². The number of benzene rings is 1. The van der Waals surface area contributed by atoms with E-state index in [4.69, 9.17) is 0 Å². The molecule has 1 amide bonds. The fourth-order valence-corrected chi connectivity index (χ4v) is 3.19.